The fraction of sp³-hybridized carbons (Fsp3) is 0.909. The second kappa shape index (κ2) is 7.60. The highest BCUT2D eigenvalue weighted by molar-refractivity contribution is 5.78. The van der Waals surface area contributed by atoms with Crippen LogP contribution in [0.1, 0.15) is 19.8 Å². The van der Waals surface area contributed by atoms with Gasteiger partial charge in [0.15, 0.2) is 0 Å². The van der Waals surface area contributed by atoms with Gasteiger partial charge in [-0.2, -0.15) is 0 Å². The standard InChI is InChI=1S/C11H23N3O2/c1-2-10(15)8-13-11(16)9-14-6-3-4-12-5-7-14/h10,12,15H,2-9H2,1H3,(H,13,16). The van der Waals surface area contributed by atoms with Crippen LogP contribution in [0, 0.1) is 0 Å². The summed E-state index contributed by atoms with van der Waals surface area (Å²) in [4.78, 5) is 13.7. The molecule has 1 amide bonds. The first-order valence-corrected chi connectivity index (χ1v) is 6.10. The van der Waals surface area contributed by atoms with Crippen molar-refractivity contribution in [1.29, 1.82) is 0 Å². The van der Waals surface area contributed by atoms with Gasteiger partial charge in [-0.25, -0.2) is 0 Å². The van der Waals surface area contributed by atoms with Gasteiger partial charge in [0.25, 0.3) is 0 Å². The molecule has 0 aromatic rings. The third-order valence-electron chi connectivity index (χ3n) is 2.81. The van der Waals surface area contributed by atoms with Gasteiger partial charge in [-0.3, -0.25) is 9.69 Å². The van der Waals surface area contributed by atoms with Crippen LogP contribution >= 0.6 is 0 Å². The number of carbonyl (C=O) groups excluding carboxylic acids is 1. The molecular formula is C11H23N3O2. The highest BCUT2D eigenvalue weighted by atomic mass is 16.3. The highest BCUT2D eigenvalue weighted by Gasteiger charge is 2.12. The molecule has 1 unspecified atom stereocenters. The summed E-state index contributed by atoms with van der Waals surface area (Å²) >= 11 is 0. The number of carbonyl (C=O) groups is 1. The fourth-order valence-corrected chi connectivity index (χ4v) is 1.69. The molecule has 1 atom stereocenters. The lowest BCUT2D eigenvalue weighted by Gasteiger charge is -2.19. The van der Waals surface area contributed by atoms with E-state index in [0.717, 1.165) is 32.6 Å². The third kappa shape index (κ3) is 5.44. The van der Waals surface area contributed by atoms with E-state index in [-0.39, 0.29) is 5.91 Å². The minimum Gasteiger partial charge on any atom is -0.391 e. The first kappa shape index (κ1) is 13.4. The molecule has 3 N–H and O–H groups in total. The van der Waals surface area contributed by atoms with Gasteiger partial charge in [0, 0.05) is 19.6 Å². The molecule has 0 aliphatic carbocycles. The van der Waals surface area contributed by atoms with Gasteiger partial charge in [0.1, 0.15) is 0 Å². The van der Waals surface area contributed by atoms with Crippen molar-refractivity contribution in [3.8, 4) is 0 Å². The topological polar surface area (TPSA) is 64.6 Å². The van der Waals surface area contributed by atoms with Gasteiger partial charge in [-0.05, 0) is 25.9 Å². The summed E-state index contributed by atoms with van der Waals surface area (Å²) in [5, 5.41) is 15.4. The van der Waals surface area contributed by atoms with E-state index >= 15 is 0 Å². The van der Waals surface area contributed by atoms with Gasteiger partial charge in [0.2, 0.25) is 5.91 Å². The number of hydrogen-bond donors (Lipinski definition) is 3. The molecule has 1 heterocycles. The Bertz CT molecular complexity index is 203. The molecule has 0 spiro atoms. The maximum atomic E-state index is 11.6. The SMILES string of the molecule is CCC(O)CNC(=O)CN1CCCNCC1. The Morgan fingerprint density at radius 1 is 1.50 bits per heavy atom. The predicted octanol–water partition coefficient (Wildman–Crippen LogP) is -0.831. The normalized spacial score (nSPS) is 20.1. The second-order valence-electron chi connectivity index (χ2n) is 4.25. The van der Waals surface area contributed by atoms with Crippen molar-refractivity contribution in [3.05, 3.63) is 0 Å². The smallest absolute Gasteiger partial charge is 0.234 e. The Morgan fingerprint density at radius 3 is 3.06 bits per heavy atom. The number of aliphatic hydroxyl groups is 1. The summed E-state index contributed by atoms with van der Waals surface area (Å²) in [7, 11) is 0. The largest absolute Gasteiger partial charge is 0.391 e. The summed E-state index contributed by atoms with van der Waals surface area (Å²) in [5.74, 6) is 0.00870. The van der Waals surface area contributed by atoms with E-state index in [1.165, 1.54) is 0 Å². The Kier molecular flexibility index (Phi) is 6.37. The Labute approximate surface area is 97.2 Å². The van der Waals surface area contributed by atoms with Crippen molar-refractivity contribution in [2.75, 3.05) is 39.3 Å². The molecule has 1 fully saturated rings. The average Bonchev–Trinajstić information content (AvgIpc) is 2.54. The van der Waals surface area contributed by atoms with Crippen molar-refractivity contribution in [2.24, 2.45) is 0 Å². The predicted molar refractivity (Wildman–Crippen MR) is 63.2 cm³/mol. The average molecular weight is 229 g/mol. The zero-order valence-corrected chi connectivity index (χ0v) is 10.0. The summed E-state index contributed by atoms with van der Waals surface area (Å²) in [6.45, 7) is 6.58. The number of nitrogens with zero attached hydrogens (tertiary/aromatic N) is 1. The molecular weight excluding hydrogens is 206 g/mol. The zero-order valence-electron chi connectivity index (χ0n) is 10.0. The van der Waals surface area contributed by atoms with Crippen molar-refractivity contribution < 1.29 is 9.90 Å². The number of aliphatic hydroxyl groups excluding tert-OH is 1. The molecule has 0 radical (unpaired) electrons. The summed E-state index contributed by atoms with van der Waals surface area (Å²) in [6, 6.07) is 0. The molecule has 1 aliphatic rings. The highest BCUT2D eigenvalue weighted by Crippen LogP contribution is 1.94. The van der Waals surface area contributed by atoms with Crippen LogP contribution in [-0.4, -0.2) is 61.3 Å². The van der Waals surface area contributed by atoms with Gasteiger partial charge in [-0.15, -0.1) is 0 Å². The minimum absolute atomic E-state index is 0.00870. The van der Waals surface area contributed by atoms with Crippen LogP contribution in [-0.2, 0) is 4.79 Å². The van der Waals surface area contributed by atoms with Crippen LogP contribution in [0.3, 0.4) is 0 Å². The lowest BCUT2D eigenvalue weighted by atomic mass is 10.3. The first-order chi connectivity index (χ1) is 7.72. The molecule has 0 bridgehead atoms. The molecule has 5 nitrogen and oxygen atoms in total. The van der Waals surface area contributed by atoms with Crippen LogP contribution in [0.5, 0.6) is 0 Å². The number of nitrogens with one attached hydrogen (secondary N) is 2. The zero-order chi connectivity index (χ0) is 11.8. The van der Waals surface area contributed by atoms with E-state index in [4.69, 9.17) is 0 Å². The van der Waals surface area contributed by atoms with E-state index < -0.39 is 6.10 Å². The van der Waals surface area contributed by atoms with Gasteiger partial charge >= 0.3 is 0 Å². The van der Waals surface area contributed by atoms with Crippen molar-refractivity contribution >= 4 is 5.91 Å². The Balaban J connectivity index is 2.16. The van der Waals surface area contributed by atoms with E-state index in [2.05, 4.69) is 15.5 Å². The van der Waals surface area contributed by atoms with E-state index in [1.54, 1.807) is 0 Å². The number of hydrogen-bond acceptors (Lipinski definition) is 4. The fourth-order valence-electron chi connectivity index (χ4n) is 1.69. The van der Waals surface area contributed by atoms with Crippen LogP contribution < -0.4 is 10.6 Å². The second-order valence-corrected chi connectivity index (χ2v) is 4.25. The van der Waals surface area contributed by atoms with E-state index in [9.17, 15) is 9.90 Å². The number of amides is 1. The monoisotopic (exact) mass is 229 g/mol. The molecule has 0 saturated carbocycles. The van der Waals surface area contributed by atoms with Gasteiger partial charge in [0.05, 0.1) is 12.6 Å². The maximum absolute atomic E-state index is 11.6. The molecule has 1 aliphatic heterocycles. The van der Waals surface area contributed by atoms with Crippen molar-refractivity contribution in [3.63, 3.8) is 0 Å². The summed E-state index contributed by atoms with van der Waals surface area (Å²) in [5.41, 5.74) is 0. The molecule has 94 valence electrons. The van der Waals surface area contributed by atoms with Crippen LogP contribution in [0.25, 0.3) is 0 Å². The summed E-state index contributed by atoms with van der Waals surface area (Å²) < 4.78 is 0. The quantitative estimate of drug-likeness (QED) is 0.576. The molecule has 1 rings (SSSR count). The van der Waals surface area contributed by atoms with Crippen LogP contribution in [0.15, 0.2) is 0 Å². The molecule has 5 heteroatoms. The molecule has 16 heavy (non-hydrogen) atoms. The lowest BCUT2D eigenvalue weighted by Crippen LogP contribution is -2.41. The van der Waals surface area contributed by atoms with Crippen molar-refractivity contribution in [2.45, 2.75) is 25.9 Å². The van der Waals surface area contributed by atoms with Crippen LogP contribution in [0.2, 0.25) is 0 Å². The van der Waals surface area contributed by atoms with E-state index in [1.807, 2.05) is 6.92 Å². The minimum atomic E-state index is -0.422. The number of rotatable bonds is 5. The summed E-state index contributed by atoms with van der Waals surface area (Å²) in [6.07, 6.45) is 1.34. The van der Waals surface area contributed by atoms with Gasteiger partial charge in [-0.1, -0.05) is 6.92 Å². The first-order valence-electron chi connectivity index (χ1n) is 6.10. The Hall–Kier alpha value is -0.650. The van der Waals surface area contributed by atoms with Gasteiger partial charge < -0.3 is 15.7 Å². The molecule has 0 aromatic carbocycles. The molecule has 0 aromatic heterocycles. The molecule has 1 saturated heterocycles. The van der Waals surface area contributed by atoms with E-state index in [0.29, 0.717) is 19.5 Å². The third-order valence-corrected chi connectivity index (χ3v) is 2.81. The Morgan fingerprint density at radius 2 is 2.31 bits per heavy atom. The van der Waals surface area contributed by atoms with Crippen molar-refractivity contribution in [1.82, 2.24) is 15.5 Å². The lowest BCUT2D eigenvalue weighted by molar-refractivity contribution is -0.122. The maximum Gasteiger partial charge on any atom is 0.234 e. The van der Waals surface area contributed by atoms with Crippen LogP contribution in [0.4, 0.5) is 0 Å².